The van der Waals surface area contributed by atoms with Crippen molar-refractivity contribution < 1.29 is 23.8 Å². The van der Waals surface area contributed by atoms with E-state index in [1.165, 1.54) is 12.0 Å². The zero-order chi connectivity index (χ0) is 27.6. The average Bonchev–Trinajstić information content (AvgIpc) is 3.40. The fourth-order valence-corrected chi connectivity index (χ4v) is 4.63. The van der Waals surface area contributed by atoms with Crippen LogP contribution in [0, 0.1) is 0 Å². The lowest BCUT2D eigenvalue weighted by Crippen LogP contribution is -2.44. The van der Waals surface area contributed by atoms with Crippen LogP contribution in [0.4, 0.5) is 0 Å². The predicted octanol–water partition coefficient (Wildman–Crippen LogP) is 4.55. The van der Waals surface area contributed by atoms with E-state index in [9.17, 15) is 9.59 Å². The molecule has 0 aliphatic carbocycles. The Balaban J connectivity index is 1.59. The van der Waals surface area contributed by atoms with Crippen LogP contribution in [0.5, 0.6) is 11.5 Å². The van der Waals surface area contributed by atoms with Crippen LogP contribution in [0.3, 0.4) is 0 Å². The molecule has 0 saturated heterocycles. The quantitative estimate of drug-likeness (QED) is 0.275. The summed E-state index contributed by atoms with van der Waals surface area (Å²) in [6.45, 7) is 1.30. The molecule has 0 aliphatic rings. The van der Waals surface area contributed by atoms with Crippen LogP contribution >= 0.6 is 0 Å². The Hall–Kier alpha value is -4.30. The van der Waals surface area contributed by atoms with Gasteiger partial charge in [0.15, 0.2) is 0 Å². The molecule has 2 amide bonds. The van der Waals surface area contributed by atoms with Crippen molar-refractivity contribution in [2.45, 2.75) is 13.0 Å². The molecular formula is C31H35N3O5. The molecule has 39 heavy (non-hydrogen) atoms. The summed E-state index contributed by atoms with van der Waals surface area (Å²) in [4.78, 5) is 34.0. The predicted molar refractivity (Wildman–Crippen MR) is 151 cm³/mol. The fraction of sp³-hybridized carbons (Fsp3) is 0.290. The third kappa shape index (κ3) is 6.78. The summed E-state index contributed by atoms with van der Waals surface area (Å²) in [5.41, 5.74) is 3.48. The number of aromatic amines is 1. The van der Waals surface area contributed by atoms with Gasteiger partial charge in [-0.15, -0.1) is 0 Å². The van der Waals surface area contributed by atoms with Crippen molar-refractivity contribution in [3.05, 3.63) is 95.7 Å². The lowest BCUT2D eigenvalue weighted by molar-refractivity contribution is -0.132. The highest BCUT2D eigenvalue weighted by Gasteiger charge is 2.25. The minimum atomic E-state index is -0.285. The van der Waals surface area contributed by atoms with Gasteiger partial charge >= 0.3 is 0 Å². The van der Waals surface area contributed by atoms with Gasteiger partial charge in [-0.1, -0.05) is 48.5 Å². The Morgan fingerprint density at radius 3 is 2.23 bits per heavy atom. The summed E-state index contributed by atoms with van der Waals surface area (Å²) < 4.78 is 16.2. The van der Waals surface area contributed by atoms with Gasteiger partial charge in [0, 0.05) is 49.4 Å². The van der Waals surface area contributed by atoms with Gasteiger partial charge in [0.2, 0.25) is 5.91 Å². The highest BCUT2D eigenvalue weighted by Crippen LogP contribution is 2.23. The van der Waals surface area contributed by atoms with Gasteiger partial charge in [0.1, 0.15) is 18.0 Å². The van der Waals surface area contributed by atoms with Crippen LogP contribution in [0.25, 0.3) is 10.9 Å². The zero-order valence-corrected chi connectivity index (χ0v) is 22.7. The van der Waals surface area contributed by atoms with Crippen molar-refractivity contribution in [3.63, 3.8) is 0 Å². The maximum absolute atomic E-state index is 13.8. The number of benzene rings is 3. The molecule has 8 nitrogen and oxygen atoms in total. The molecule has 0 fully saturated rings. The second kappa shape index (κ2) is 13.5. The second-order valence-electron chi connectivity index (χ2n) is 9.16. The molecule has 0 atom stereocenters. The van der Waals surface area contributed by atoms with Crippen molar-refractivity contribution in [2.24, 2.45) is 0 Å². The van der Waals surface area contributed by atoms with E-state index in [0.29, 0.717) is 43.2 Å². The number of carbonyl (C=O) groups excluding carboxylic acids is 2. The zero-order valence-electron chi connectivity index (χ0n) is 22.7. The van der Waals surface area contributed by atoms with Gasteiger partial charge in [0.05, 0.1) is 26.4 Å². The van der Waals surface area contributed by atoms with Crippen LogP contribution < -0.4 is 9.47 Å². The molecule has 1 N–H and O–H groups in total. The van der Waals surface area contributed by atoms with Crippen LogP contribution in [-0.2, 0) is 22.5 Å². The molecule has 1 aromatic heterocycles. The standard InChI is InChI=1S/C31H35N3O5/c1-37-19-18-34(31(36)26-12-6-9-15-29(26)39-3)22-30(35)33(21-24-10-4-8-14-28(24)38-2)17-16-23-20-32-27-13-7-5-11-25(23)27/h4-15,20,32H,16-19,21-22H2,1-3H3. The number of carbonyl (C=O) groups is 2. The maximum atomic E-state index is 13.8. The number of rotatable bonds is 13. The molecule has 8 heteroatoms. The van der Waals surface area contributed by atoms with E-state index in [2.05, 4.69) is 11.1 Å². The molecule has 0 unspecified atom stereocenters. The summed E-state index contributed by atoms with van der Waals surface area (Å²) in [7, 11) is 4.72. The van der Waals surface area contributed by atoms with Crippen molar-refractivity contribution in [3.8, 4) is 11.5 Å². The summed E-state index contributed by atoms with van der Waals surface area (Å²) in [5, 5.41) is 1.13. The van der Waals surface area contributed by atoms with Gasteiger partial charge in [-0.25, -0.2) is 0 Å². The Kier molecular flexibility index (Phi) is 9.58. The minimum absolute atomic E-state index is 0.0940. The van der Waals surface area contributed by atoms with Crippen molar-refractivity contribution in [1.29, 1.82) is 0 Å². The van der Waals surface area contributed by atoms with E-state index in [4.69, 9.17) is 14.2 Å². The number of aromatic nitrogens is 1. The highest BCUT2D eigenvalue weighted by molar-refractivity contribution is 5.98. The number of ether oxygens (including phenoxy) is 3. The monoisotopic (exact) mass is 529 g/mol. The first kappa shape index (κ1) is 27.7. The largest absolute Gasteiger partial charge is 0.496 e. The molecule has 0 spiro atoms. The Bertz CT molecular complexity index is 1400. The molecule has 0 radical (unpaired) electrons. The molecule has 0 aliphatic heterocycles. The van der Waals surface area contributed by atoms with Crippen LogP contribution in [-0.4, -0.2) is 74.2 Å². The summed E-state index contributed by atoms with van der Waals surface area (Å²) in [6.07, 6.45) is 2.65. The second-order valence-corrected chi connectivity index (χ2v) is 9.16. The molecule has 204 valence electrons. The Morgan fingerprint density at radius 2 is 1.46 bits per heavy atom. The van der Waals surface area contributed by atoms with Gasteiger partial charge in [0.25, 0.3) is 5.91 Å². The van der Waals surface area contributed by atoms with Gasteiger partial charge < -0.3 is 29.0 Å². The Labute approximate surface area is 229 Å². The summed E-state index contributed by atoms with van der Waals surface area (Å²) in [6, 6.07) is 22.8. The Morgan fingerprint density at radius 1 is 0.769 bits per heavy atom. The number of nitrogens with one attached hydrogen (secondary N) is 1. The van der Waals surface area contributed by atoms with Crippen LogP contribution in [0.2, 0.25) is 0 Å². The number of H-pyrrole nitrogens is 1. The number of fused-ring (bicyclic) bond motifs is 1. The maximum Gasteiger partial charge on any atom is 0.258 e. The van der Waals surface area contributed by atoms with Gasteiger partial charge in [-0.05, 0) is 36.2 Å². The lowest BCUT2D eigenvalue weighted by Gasteiger charge is -2.28. The number of para-hydroxylation sites is 3. The first-order chi connectivity index (χ1) is 19.0. The number of hydrogen-bond acceptors (Lipinski definition) is 5. The highest BCUT2D eigenvalue weighted by atomic mass is 16.5. The molecule has 1 heterocycles. The van der Waals surface area contributed by atoms with E-state index in [0.717, 1.165) is 22.0 Å². The van der Waals surface area contributed by atoms with Crippen molar-refractivity contribution in [1.82, 2.24) is 14.8 Å². The number of hydrogen-bond donors (Lipinski definition) is 1. The normalized spacial score (nSPS) is 10.8. The average molecular weight is 530 g/mol. The third-order valence-corrected chi connectivity index (χ3v) is 6.75. The summed E-state index contributed by atoms with van der Waals surface area (Å²) >= 11 is 0. The smallest absolute Gasteiger partial charge is 0.258 e. The van der Waals surface area contributed by atoms with E-state index < -0.39 is 0 Å². The minimum Gasteiger partial charge on any atom is -0.496 e. The topological polar surface area (TPSA) is 84.1 Å². The fourth-order valence-electron chi connectivity index (χ4n) is 4.63. The van der Waals surface area contributed by atoms with E-state index in [1.54, 1.807) is 43.4 Å². The number of amides is 2. The van der Waals surface area contributed by atoms with E-state index >= 15 is 0 Å². The lowest BCUT2D eigenvalue weighted by atomic mass is 10.1. The van der Waals surface area contributed by atoms with Crippen LogP contribution in [0.15, 0.2) is 79.0 Å². The SMILES string of the molecule is COCCN(CC(=O)N(CCc1c[nH]c2ccccc12)Cc1ccccc1OC)C(=O)c1ccccc1OC. The first-order valence-electron chi connectivity index (χ1n) is 12.9. The summed E-state index contributed by atoms with van der Waals surface area (Å²) in [5.74, 6) is 0.720. The molecule has 0 bridgehead atoms. The molecular weight excluding hydrogens is 494 g/mol. The third-order valence-electron chi connectivity index (χ3n) is 6.75. The number of methoxy groups -OCH3 is 3. The van der Waals surface area contributed by atoms with Gasteiger partial charge in [-0.3, -0.25) is 9.59 Å². The van der Waals surface area contributed by atoms with Gasteiger partial charge in [-0.2, -0.15) is 0 Å². The van der Waals surface area contributed by atoms with E-state index in [1.807, 2.05) is 48.7 Å². The first-order valence-corrected chi connectivity index (χ1v) is 12.9. The molecule has 3 aromatic carbocycles. The van der Waals surface area contributed by atoms with Crippen molar-refractivity contribution >= 4 is 22.7 Å². The molecule has 4 rings (SSSR count). The van der Waals surface area contributed by atoms with Crippen molar-refractivity contribution in [2.75, 3.05) is 47.6 Å². The molecule has 0 saturated carbocycles. The molecule has 4 aromatic rings. The van der Waals surface area contributed by atoms with E-state index in [-0.39, 0.29) is 24.9 Å². The van der Waals surface area contributed by atoms with Crippen LogP contribution in [0.1, 0.15) is 21.5 Å². The number of nitrogens with zero attached hydrogens (tertiary/aromatic N) is 2.